The maximum Gasteiger partial charge on any atom is 0.327 e. The molecule has 1 unspecified atom stereocenters. The molecular formula is C14H21NO4. The normalized spacial score (nSPS) is 13.2. The molecule has 1 atom stereocenters. The summed E-state index contributed by atoms with van der Waals surface area (Å²) in [6.07, 6.45) is 1.38. The monoisotopic (exact) mass is 267 g/mol. The van der Waals surface area contributed by atoms with E-state index in [0.29, 0.717) is 0 Å². The van der Waals surface area contributed by atoms with Crippen molar-refractivity contribution in [3.8, 4) is 6.07 Å². The maximum atomic E-state index is 12.0. The Morgan fingerprint density at radius 2 is 2.05 bits per heavy atom. The van der Waals surface area contributed by atoms with Gasteiger partial charge in [-0.05, 0) is 19.3 Å². The predicted octanol–water partition coefficient (Wildman–Crippen LogP) is 2.22. The van der Waals surface area contributed by atoms with Crippen molar-refractivity contribution in [2.45, 2.75) is 33.6 Å². The number of nitriles is 1. The Bertz CT molecular complexity index is 370. The van der Waals surface area contributed by atoms with Gasteiger partial charge in [-0.25, -0.2) is 0 Å². The first-order valence-electron chi connectivity index (χ1n) is 6.26. The SMILES string of the molecule is C=CCOC(=O)C(C#N)(CC(=O)OCC)CC(C)C. The Balaban J connectivity index is 5.08. The van der Waals surface area contributed by atoms with Crippen LogP contribution in [0.3, 0.4) is 0 Å². The number of hydrogen-bond acceptors (Lipinski definition) is 5. The van der Waals surface area contributed by atoms with E-state index in [2.05, 4.69) is 6.58 Å². The van der Waals surface area contributed by atoms with E-state index in [1.807, 2.05) is 19.9 Å². The quantitative estimate of drug-likeness (QED) is 0.498. The van der Waals surface area contributed by atoms with Crippen LogP contribution in [0.2, 0.25) is 0 Å². The molecule has 106 valence electrons. The summed E-state index contributed by atoms with van der Waals surface area (Å²) in [6, 6.07) is 1.94. The molecule has 0 aromatic carbocycles. The highest BCUT2D eigenvalue weighted by Crippen LogP contribution is 2.32. The number of nitrogens with zero attached hydrogens (tertiary/aromatic N) is 1. The van der Waals surface area contributed by atoms with Crippen LogP contribution in [0, 0.1) is 22.7 Å². The smallest absolute Gasteiger partial charge is 0.327 e. The standard InChI is InChI=1S/C14H21NO4/c1-5-7-19-13(17)14(10-15,8-11(3)4)9-12(16)18-6-2/h5,11H,1,6-9H2,2-4H3. The van der Waals surface area contributed by atoms with Crippen LogP contribution >= 0.6 is 0 Å². The number of ether oxygens (including phenoxy) is 2. The molecule has 0 heterocycles. The molecule has 0 rings (SSSR count). The number of hydrogen-bond donors (Lipinski definition) is 0. The van der Waals surface area contributed by atoms with Gasteiger partial charge in [0.15, 0.2) is 5.41 Å². The average Bonchev–Trinajstić information content (AvgIpc) is 2.34. The molecule has 0 spiro atoms. The van der Waals surface area contributed by atoms with Crippen LogP contribution in [0.4, 0.5) is 0 Å². The van der Waals surface area contributed by atoms with Crippen LogP contribution in [-0.2, 0) is 19.1 Å². The van der Waals surface area contributed by atoms with Crippen molar-refractivity contribution in [3.05, 3.63) is 12.7 Å². The maximum absolute atomic E-state index is 12.0. The molecule has 0 saturated carbocycles. The van der Waals surface area contributed by atoms with Gasteiger partial charge in [-0.1, -0.05) is 26.5 Å². The van der Waals surface area contributed by atoms with Crippen LogP contribution in [-0.4, -0.2) is 25.2 Å². The van der Waals surface area contributed by atoms with Crippen molar-refractivity contribution >= 4 is 11.9 Å². The summed E-state index contributed by atoms with van der Waals surface area (Å²) < 4.78 is 9.76. The topological polar surface area (TPSA) is 76.4 Å². The fraction of sp³-hybridized carbons (Fsp3) is 0.643. The van der Waals surface area contributed by atoms with Gasteiger partial charge in [0.2, 0.25) is 0 Å². The third-order valence-corrected chi connectivity index (χ3v) is 2.45. The number of carbonyl (C=O) groups excluding carboxylic acids is 2. The van der Waals surface area contributed by atoms with Crippen molar-refractivity contribution in [1.29, 1.82) is 5.26 Å². The predicted molar refractivity (Wildman–Crippen MR) is 69.9 cm³/mol. The van der Waals surface area contributed by atoms with E-state index < -0.39 is 17.4 Å². The first kappa shape index (κ1) is 17.2. The molecule has 0 aliphatic heterocycles. The van der Waals surface area contributed by atoms with E-state index in [4.69, 9.17) is 9.47 Å². The second-order valence-electron chi connectivity index (χ2n) is 4.66. The first-order valence-corrected chi connectivity index (χ1v) is 6.26. The Labute approximate surface area is 114 Å². The lowest BCUT2D eigenvalue weighted by molar-refractivity contribution is -0.159. The van der Waals surface area contributed by atoms with E-state index >= 15 is 0 Å². The molecule has 0 aliphatic rings. The number of esters is 2. The zero-order chi connectivity index (χ0) is 14.9. The molecule has 5 heteroatoms. The van der Waals surface area contributed by atoms with E-state index in [1.54, 1.807) is 6.92 Å². The highest BCUT2D eigenvalue weighted by Gasteiger charge is 2.43. The van der Waals surface area contributed by atoms with E-state index in [9.17, 15) is 14.9 Å². The summed E-state index contributed by atoms with van der Waals surface area (Å²) in [6.45, 7) is 9.09. The van der Waals surface area contributed by atoms with Gasteiger partial charge in [-0.3, -0.25) is 9.59 Å². The minimum Gasteiger partial charge on any atom is -0.466 e. The Kier molecular flexibility index (Phi) is 7.50. The summed E-state index contributed by atoms with van der Waals surface area (Å²) in [5.74, 6) is -1.19. The molecule has 0 fully saturated rings. The number of carbonyl (C=O) groups is 2. The molecule has 0 saturated heterocycles. The Morgan fingerprint density at radius 1 is 1.42 bits per heavy atom. The first-order chi connectivity index (χ1) is 8.91. The Morgan fingerprint density at radius 3 is 2.47 bits per heavy atom. The summed E-state index contributed by atoms with van der Waals surface area (Å²) in [4.78, 5) is 23.6. The molecule has 0 bridgehead atoms. The number of rotatable bonds is 8. The molecular weight excluding hydrogens is 246 g/mol. The van der Waals surface area contributed by atoms with E-state index in [-0.39, 0.29) is 32.0 Å². The van der Waals surface area contributed by atoms with Crippen molar-refractivity contribution in [1.82, 2.24) is 0 Å². The van der Waals surface area contributed by atoms with E-state index in [1.165, 1.54) is 6.08 Å². The van der Waals surface area contributed by atoms with Crippen LogP contribution in [0.25, 0.3) is 0 Å². The highest BCUT2D eigenvalue weighted by molar-refractivity contribution is 5.86. The van der Waals surface area contributed by atoms with Crippen LogP contribution in [0.5, 0.6) is 0 Å². The lowest BCUT2D eigenvalue weighted by Gasteiger charge is -2.25. The van der Waals surface area contributed by atoms with Crippen LogP contribution < -0.4 is 0 Å². The molecule has 19 heavy (non-hydrogen) atoms. The van der Waals surface area contributed by atoms with E-state index in [0.717, 1.165) is 0 Å². The fourth-order valence-corrected chi connectivity index (χ4v) is 1.79. The summed E-state index contributed by atoms with van der Waals surface area (Å²) in [7, 11) is 0. The minimum absolute atomic E-state index is 0.0170. The third-order valence-electron chi connectivity index (χ3n) is 2.45. The molecule has 0 amide bonds. The lowest BCUT2D eigenvalue weighted by Crippen LogP contribution is -2.36. The molecule has 0 radical (unpaired) electrons. The lowest BCUT2D eigenvalue weighted by atomic mass is 9.78. The highest BCUT2D eigenvalue weighted by atomic mass is 16.5. The Hall–Kier alpha value is -1.83. The van der Waals surface area contributed by atoms with Gasteiger partial charge in [-0.15, -0.1) is 0 Å². The van der Waals surface area contributed by atoms with Crippen LogP contribution in [0.15, 0.2) is 12.7 Å². The molecule has 0 aromatic heterocycles. The minimum atomic E-state index is -1.48. The van der Waals surface area contributed by atoms with Gasteiger partial charge < -0.3 is 9.47 Å². The molecule has 0 N–H and O–H groups in total. The van der Waals surface area contributed by atoms with Crippen LogP contribution in [0.1, 0.15) is 33.6 Å². The second-order valence-corrected chi connectivity index (χ2v) is 4.66. The summed E-state index contributed by atoms with van der Waals surface area (Å²) >= 11 is 0. The van der Waals surface area contributed by atoms with Gasteiger partial charge in [0.05, 0.1) is 19.1 Å². The van der Waals surface area contributed by atoms with Gasteiger partial charge in [0.1, 0.15) is 6.61 Å². The summed E-state index contributed by atoms with van der Waals surface area (Å²) in [5.41, 5.74) is -1.48. The molecule has 5 nitrogen and oxygen atoms in total. The summed E-state index contributed by atoms with van der Waals surface area (Å²) in [5, 5.41) is 9.33. The zero-order valence-corrected chi connectivity index (χ0v) is 11.8. The second kappa shape index (κ2) is 8.30. The third kappa shape index (κ3) is 5.56. The van der Waals surface area contributed by atoms with Crippen molar-refractivity contribution in [3.63, 3.8) is 0 Å². The molecule has 0 aliphatic carbocycles. The van der Waals surface area contributed by atoms with Gasteiger partial charge in [-0.2, -0.15) is 5.26 Å². The van der Waals surface area contributed by atoms with Crippen molar-refractivity contribution in [2.75, 3.05) is 13.2 Å². The van der Waals surface area contributed by atoms with Gasteiger partial charge >= 0.3 is 11.9 Å². The zero-order valence-electron chi connectivity index (χ0n) is 11.8. The largest absolute Gasteiger partial charge is 0.466 e. The molecule has 0 aromatic rings. The fourth-order valence-electron chi connectivity index (χ4n) is 1.79. The van der Waals surface area contributed by atoms with Gasteiger partial charge in [0, 0.05) is 0 Å². The van der Waals surface area contributed by atoms with Crippen molar-refractivity contribution in [2.24, 2.45) is 11.3 Å². The van der Waals surface area contributed by atoms with Gasteiger partial charge in [0.25, 0.3) is 0 Å². The van der Waals surface area contributed by atoms with Crippen molar-refractivity contribution < 1.29 is 19.1 Å². The average molecular weight is 267 g/mol.